The molecule has 0 saturated carbocycles. The summed E-state index contributed by atoms with van der Waals surface area (Å²) in [6.45, 7) is 5.92. The van der Waals surface area contributed by atoms with Gasteiger partial charge in [0, 0.05) is 11.3 Å². The highest BCUT2D eigenvalue weighted by molar-refractivity contribution is 8.12. The predicted molar refractivity (Wildman–Crippen MR) is 79.3 cm³/mol. The lowest BCUT2D eigenvalue weighted by Crippen LogP contribution is -2.29. The van der Waals surface area contributed by atoms with Crippen LogP contribution in [0.5, 0.6) is 0 Å². The number of ketones is 1. The van der Waals surface area contributed by atoms with Crippen molar-refractivity contribution in [2.45, 2.75) is 52.6 Å². The van der Waals surface area contributed by atoms with Gasteiger partial charge in [0.15, 0.2) is 0 Å². The monoisotopic (exact) mass is 284 g/mol. The smallest absolute Gasteiger partial charge is 0.367 e. The average Bonchev–Trinajstić information content (AvgIpc) is 2.30. The Bertz CT molecular complexity index is 355. The Hall–Kier alpha value is -0.770. The van der Waals surface area contributed by atoms with Gasteiger partial charge >= 0.3 is 5.30 Å². The van der Waals surface area contributed by atoms with E-state index in [1.807, 2.05) is 32.9 Å². The van der Waals surface area contributed by atoms with E-state index in [-0.39, 0.29) is 22.7 Å². The molecule has 19 heavy (non-hydrogen) atoms. The van der Waals surface area contributed by atoms with Crippen LogP contribution < -0.4 is 0 Å². The lowest BCUT2D eigenvalue weighted by Gasteiger charge is -2.25. The maximum atomic E-state index is 12.3. The van der Waals surface area contributed by atoms with Crippen LogP contribution in [0, 0.1) is 11.3 Å². The van der Waals surface area contributed by atoms with Crippen LogP contribution in [-0.2, 0) is 9.53 Å². The van der Waals surface area contributed by atoms with Crippen molar-refractivity contribution in [3.8, 4) is 0 Å². The Kier molecular flexibility index (Phi) is 6.11. The molecule has 1 rings (SSSR count). The number of allylic oxidation sites excluding steroid dienone is 1. The second-order valence-electron chi connectivity index (χ2n) is 6.02. The zero-order valence-corrected chi connectivity index (χ0v) is 13.1. The first-order valence-corrected chi connectivity index (χ1v) is 8.02. The minimum atomic E-state index is -0.275. The maximum Gasteiger partial charge on any atom is 0.367 e. The van der Waals surface area contributed by atoms with Gasteiger partial charge in [-0.05, 0) is 49.8 Å². The fourth-order valence-electron chi connectivity index (χ4n) is 2.29. The van der Waals surface area contributed by atoms with Crippen molar-refractivity contribution in [3.05, 3.63) is 12.2 Å². The molecule has 0 saturated heterocycles. The molecule has 0 aromatic carbocycles. The first kappa shape index (κ1) is 16.3. The molecule has 4 heteroatoms. The molecule has 108 valence electrons. The summed E-state index contributed by atoms with van der Waals surface area (Å²) < 4.78 is 5.29. The molecule has 1 aliphatic carbocycles. The molecule has 1 aliphatic rings. The molecule has 3 nitrogen and oxygen atoms in total. The average molecular weight is 284 g/mol. The minimum Gasteiger partial charge on any atom is -0.450 e. The molecule has 0 bridgehead atoms. The van der Waals surface area contributed by atoms with E-state index in [0.717, 1.165) is 37.4 Å². The lowest BCUT2D eigenvalue weighted by atomic mass is 9.78. The first-order valence-electron chi connectivity index (χ1n) is 6.80. The van der Waals surface area contributed by atoms with Gasteiger partial charge in [0.05, 0.1) is 0 Å². The molecule has 0 fully saturated rings. The molecule has 2 unspecified atom stereocenters. The molecule has 0 radical (unpaired) electrons. The van der Waals surface area contributed by atoms with Crippen LogP contribution in [0.25, 0.3) is 0 Å². The summed E-state index contributed by atoms with van der Waals surface area (Å²) in [4.78, 5) is 23.5. The third-order valence-electron chi connectivity index (χ3n) is 3.34. The Morgan fingerprint density at radius 2 is 1.95 bits per heavy atom. The number of hydrogen-bond acceptors (Lipinski definition) is 4. The molecule has 0 spiro atoms. The fourth-order valence-corrected chi connectivity index (χ4v) is 2.51. The molecule has 0 amide bonds. The molecule has 2 atom stereocenters. The van der Waals surface area contributed by atoms with Crippen LogP contribution in [0.3, 0.4) is 0 Å². The van der Waals surface area contributed by atoms with Gasteiger partial charge in [-0.15, -0.1) is 0 Å². The number of ether oxygens (including phenoxy) is 1. The minimum absolute atomic E-state index is 0.105. The van der Waals surface area contributed by atoms with Gasteiger partial charge in [0.1, 0.15) is 11.9 Å². The molecule has 0 aromatic rings. The van der Waals surface area contributed by atoms with E-state index in [1.165, 1.54) is 0 Å². The van der Waals surface area contributed by atoms with E-state index in [9.17, 15) is 9.59 Å². The zero-order valence-electron chi connectivity index (χ0n) is 12.3. The van der Waals surface area contributed by atoms with Crippen LogP contribution in [0.4, 0.5) is 4.79 Å². The van der Waals surface area contributed by atoms with Crippen molar-refractivity contribution < 1.29 is 14.3 Å². The van der Waals surface area contributed by atoms with Crippen molar-refractivity contribution in [1.82, 2.24) is 0 Å². The Morgan fingerprint density at radius 1 is 1.26 bits per heavy atom. The molecular weight excluding hydrogens is 260 g/mol. The van der Waals surface area contributed by atoms with Gasteiger partial charge in [0.2, 0.25) is 0 Å². The fraction of sp³-hybridized carbons (Fsp3) is 0.733. The molecule has 0 N–H and O–H groups in total. The summed E-state index contributed by atoms with van der Waals surface area (Å²) in [5, 5.41) is -0.238. The molecule has 0 heterocycles. The highest BCUT2D eigenvalue weighted by atomic mass is 32.2. The summed E-state index contributed by atoms with van der Waals surface area (Å²) in [6.07, 6.45) is 8.86. The van der Waals surface area contributed by atoms with Crippen LogP contribution in [0.15, 0.2) is 12.2 Å². The second kappa shape index (κ2) is 7.13. The molecular formula is C15H24O3S. The second-order valence-corrected chi connectivity index (χ2v) is 6.76. The predicted octanol–water partition coefficient (Wildman–Crippen LogP) is 4.22. The Balaban J connectivity index is 2.59. The van der Waals surface area contributed by atoms with Crippen molar-refractivity contribution in [2.75, 3.05) is 6.26 Å². The normalized spacial score (nSPS) is 26.1. The van der Waals surface area contributed by atoms with Crippen LogP contribution in [-0.4, -0.2) is 23.4 Å². The van der Waals surface area contributed by atoms with Crippen LogP contribution in [0.2, 0.25) is 0 Å². The van der Waals surface area contributed by atoms with Crippen LogP contribution >= 0.6 is 11.8 Å². The number of carbonyl (C=O) groups excluding carboxylic acids is 2. The van der Waals surface area contributed by atoms with Crippen molar-refractivity contribution in [2.24, 2.45) is 11.3 Å². The number of Topliss-reactive ketones (excluding diaryl/α,β-unsaturated/α-hetero) is 1. The number of hydrogen-bond donors (Lipinski definition) is 0. The Labute approximate surface area is 120 Å². The number of thioether (sulfide) groups is 1. The van der Waals surface area contributed by atoms with Crippen molar-refractivity contribution in [1.29, 1.82) is 0 Å². The summed E-state index contributed by atoms with van der Waals surface area (Å²) in [7, 11) is 0. The summed E-state index contributed by atoms with van der Waals surface area (Å²) in [5.74, 6) is 0.435. The van der Waals surface area contributed by atoms with E-state index in [4.69, 9.17) is 4.74 Å². The van der Waals surface area contributed by atoms with Gasteiger partial charge < -0.3 is 4.74 Å². The third kappa shape index (κ3) is 5.39. The van der Waals surface area contributed by atoms with Gasteiger partial charge in [-0.1, -0.05) is 26.8 Å². The van der Waals surface area contributed by atoms with Crippen molar-refractivity contribution in [3.63, 3.8) is 0 Å². The zero-order chi connectivity index (χ0) is 14.5. The van der Waals surface area contributed by atoms with E-state index >= 15 is 0 Å². The number of carbonyl (C=O) groups is 2. The SMILES string of the molecule is CSC(=O)OC1/C=C/CC(C(=O)C(C)(C)C)CCC1. The van der Waals surface area contributed by atoms with Gasteiger partial charge in [0.25, 0.3) is 0 Å². The largest absolute Gasteiger partial charge is 0.450 e. The number of rotatable bonds is 2. The summed E-state index contributed by atoms with van der Waals surface area (Å²) >= 11 is 1.09. The lowest BCUT2D eigenvalue weighted by molar-refractivity contribution is -0.130. The highest BCUT2D eigenvalue weighted by Gasteiger charge is 2.29. The highest BCUT2D eigenvalue weighted by Crippen LogP contribution is 2.28. The van der Waals surface area contributed by atoms with E-state index in [1.54, 1.807) is 6.26 Å². The third-order valence-corrected chi connectivity index (χ3v) is 3.77. The topological polar surface area (TPSA) is 43.4 Å². The first-order chi connectivity index (χ1) is 8.84. The maximum absolute atomic E-state index is 12.3. The molecule has 0 aromatic heterocycles. The van der Waals surface area contributed by atoms with E-state index in [2.05, 4.69) is 0 Å². The van der Waals surface area contributed by atoms with Crippen LogP contribution in [0.1, 0.15) is 46.5 Å². The van der Waals surface area contributed by atoms with Gasteiger partial charge in [-0.3, -0.25) is 4.79 Å². The Morgan fingerprint density at radius 3 is 2.53 bits per heavy atom. The summed E-state index contributed by atoms with van der Waals surface area (Å²) in [5.41, 5.74) is -0.275. The van der Waals surface area contributed by atoms with Gasteiger partial charge in [-0.2, -0.15) is 0 Å². The summed E-state index contributed by atoms with van der Waals surface area (Å²) in [6, 6.07) is 0. The standard InChI is InChI=1S/C15H24O3S/c1-15(2,3)13(16)11-7-5-9-12(10-6-8-11)18-14(17)19-4/h5,9,11-12H,6-8,10H2,1-4H3/b9-5+. The van der Waals surface area contributed by atoms with Crippen molar-refractivity contribution >= 4 is 22.8 Å². The van der Waals surface area contributed by atoms with E-state index < -0.39 is 0 Å². The molecule has 0 aliphatic heterocycles. The van der Waals surface area contributed by atoms with E-state index in [0.29, 0.717) is 5.78 Å². The quantitative estimate of drug-likeness (QED) is 0.562. The van der Waals surface area contributed by atoms with Gasteiger partial charge in [-0.25, -0.2) is 4.79 Å².